The zero-order valence-electron chi connectivity index (χ0n) is 13.1. The van der Waals surface area contributed by atoms with Crippen LogP contribution in [-0.4, -0.2) is 51.0 Å². The van der Waals surface area contributed by atoms with Gasteiger partial charge >= 0.3 is 0 Å². The minimum absolute atomic E-state index is 0.236. The molecule has 0 atom stereocenters. The normalized spacial score (nSPS) is 17.3. The molecule has 7 heteroatoms. The molecule has 1 fully saturated rings. The van der Waals surface area contributed by atoms with E-state index in [1.165, 1.54) is 0 Å². The molecule has 0 bridgehead atoms. The molecule has 0 amide bonds. The average Bonchev–Trinajstić information content (AvgIpc) is 3.09. The van der Waals surface area contributed by atoms with E-state index in [1.54, 1.807) is 10.9 Å². The van der Waals surface area contributed by atoms with E-state index in [-0.39, 0.29) is 5.54 Å². The highest BCUT2D eigenvalue weighted by Crippen LogP contribution is 2.28. The molecule has 1 N–H and O–H groups in total. The van der Waals surface area contributed by atoms with Crippen molar-refractivity contribution < 1.29 is 4.52 Å². The molecule has 114 valence electrons. The van der Waals surface area contributed by atoms with Gasteiger partial charge in [-0.05, 0) is 20.8 Å². The van der Waals surface area contributed by atoms with Crippen LogP contribution in [0.15, 0.2) is 10.7 Å². The van der Waals surface area contributed by atoms with Gasteiger partial charge in [-0.1, -0.05) is 5.16 Å². The SMILES string of the molecule is Cc1c(-c2nc(C(C)(C)N3CCNCC3)no2)cnn1C. The van der Waals surface area contributed by atoms with Crippen LogP contribution in [0.5, 0.6) is 0 Å². The lowest BCUT2D eigenvalue weighted by Gasteiger charge is -2.38. The van der Waals surface area contributed by atoms with Crippen molar-refractivity contribution in [2.24, 2.45) is 7.05 Å². The lowest BCUT2D eigenvalue weighted by molar-refractivity contribution is 0.0925. The van der Waals surface area contributed by atoms with Crippen molar-refractivity contribution in [2.75, 3.05) is 26.2 Å². The molecule has 3 heterocycles. The fourth-order valence-electron chi connectivity index (χ4n) is 2.66. The lowest BCUT2D eigenvalue weighted by atomic mass is 10.0. The van der Waals surface area contributed by atoms with Gasteiger partial charge in [0, 0.05) is 38.9 Å². The summed E-state index contributed by atoms with van der Waals surface area (Å²) in [6.07, 6.45) is 1.77. The molecule has 2 aromatic rings. The minimum Gasteiger partial charge on any atom is -0.334 e. The maximum Gasteiger partial charge on any atom is 0.261 e. The van der Waals surface area contributed by atoms with Crippen LogP contribution in [0.1, 0.15) is 25.4 Å². The van der Waals surface area contributed by atoms with Crippen molar-refractivity contribution in [3.63, 3.8) is 0 Å². The first-order chi connectivity index (χ1) is 10.00. The third kappa shape index (κ3) is 2.47. The largest absolute Gasteiger partial charge is 0.334 e. The van der Waals surface area contributed by atoms with E-state index in [0.29, 0.717) is 5.89 Å². The molecule has 7 nitrogen and oxygen atoms in total. The number of hydrogen-bond donors (Lipinski definition) is 1. The topological polar surface area (TPSA) is 72.0 Å². The average molecular weight is 290 g/mol. The first-order valence-electron chi connectivity index (χ1n) is 7.29. The summed E-state index contributed by atoms with van der Waals surface area (Å²) in [7, 11) is 1.90. The van der Waals surface area contributed by atoms with Gasteiger partial charge < -0.3 is 9.84 Å². The monoisotopic (exact) mass is 290 g/mol. The molecule has 21 heavy (non-hydrogen) atoms. The second-order valence-electron chi connectivity index (χ2n) is 5.99. The second kappa shape index (κ2) is 5.23. The van der Waals surface area contributed by atoms with Crippen LogP contribution in [0.4, 0.5) is 0 Å². The highest BCUT2D eigenvalue weighted by molar-refractivity contribution is 5.54. The Morgan fingerprint density at radius 2 is 2.00 bits per heavy atom. The number of piperazine rings is 1. The Morgan fingerprint density at radius 1 is 1.29 bits per heavy atom. The van der Waals surface area contributed by atoms with Gasteiger partial charge in [0.05, 0.1) is 17.3 Å². The van der Waals surface area contributed by atoms with Gasteiger partial charge in [0.1, 0.15) is 0 Å². The van der Waals surface area contributed by atoms with Crippen molar-refractivity contribution in [1.29, 1.82) is 0 Å². The zero-order valence-corrected chi connectivity index (χ0v) is 13.1. The first kappa shape index (κ1) is 14.2. The predicted molar refractivity (Wildman–Crippen MR) is 78.7 cm³/mol. The van der Waals surface area contributed by atoms with Crippen molar-refractivity contribution in [3.8, 4) is 11.5 Å². The molecule has 0 aromatic carbocycles. The Labute approximate surface area is 124 Å². The van der Waals surface area contributed by atoms with Crippen LogP contribution in [0.2, 0.25) is 0 Å². The summed E-state index contributed by atoms with van der Waals surface area (Å²) in [5.41, 5.74) is 1.68. The Kier molecular flexibility index (Phi) is 3.54. The fourth-order valence-corrected chi connectivity index (χ4v) is 2.66. The summed E-state index contributed by atoms with van der Waals surface area (Å²) in [6, 6.07) is 0. The van der Waals surface area contributed by atoms with E-state index in [4.69, 9.17) is 4.52 Å². The smallest absolute Gasteiger partial charge is 0.261 e. The number of nitrogens with zero attached hydrogens (tertiary/aromatic N) is 5. The van der Waals surface area contributed by atoms with Crippen LogP contribution in [-0.2, 0) is 12.6 Å². The lowest BCUT2D eigenvalue weighted by Crippen LogP contribution is -2.52. The second-order valence-corrected chi connectivity index (χ2v) is 5.99. The summed E-state index contributed by atoms with van der Waals surface area (Å²) in [4.78, 5) is 6.99. The summed E-state index contributed by atoms with van der Waals surface area (Å²) in [6.45, 7) is 10.2. The van der Waals surface area contributed by atoms with Crippen molar-refractivity contribution in [1.82, 2.24) is 30.1 Å². The first-order valence-corrected chi connectivity index (χ1v) is 7.29. The molecule has 2 aromatic heterocycles. The molecular formula is C14H22N6O. The minimum atomic E-state index is -0.236. The van der Waals surface area contributed by atoms with Crippen LogP contribution >= 0.6 is 0 Å². The number of nitrogens with one attached hydrogen (secondary N) is 1. The molecule has 0 spiro atoms. The highest BCUT2D eigenvalue weighted by atomic mass is 16.5. The van der Waals surface area contributed by atoms with Gasteiger partial charge in [-0.25, -0.2) is 0 Å². The quantitative estimate of drug-likeness (QED) is 0.906. The maximum absolute atomic E-state index is 5.47. The van der Waals surface area contributed by atoms with Crippen molar-refractivity contribution in [3.05, 3.63) is 17.7 Å². The Hall–Kier alpha value is -1.73. The van der Waals surface area contributed by atoms with Crippen molar-refractivity contribution in [2.45, 2.75) is 26.3 Å². The Morgan fingerprint density at radius 3 is 2.62 bits per heavy atom. The molecule has 1 aliphatic rings. The summed E-state index contributed by atoms with van der Waals surface area (Å²) in [5.74, 6) is 1.27. The highest BCUT2D eigenvalue weighted by Gasteiger charge is 2.34. The number of aromatic nitrogens is 4. The van der Waals surface area contributed by atoms with E-state index in [2.05, 4.69) is 39.3 Å². The van der Waals surface area contributed by atoms with E-state index in [0.717, 1.165) is 43.3 Å². The summed E-state index contributed by atoms with van der Waals surface area (Å²) < 4.78 is 7.27. The zero-order chi connectivity index (χ0) is 15.0. The fraction of sp³-hybridized carbons (Fsp3) is 0.643. The summed E-state index contributed by atoms with van der Waals surface area (Å²) >= 11 is 0. The van der Waals surface area contributed by atoms with E-state index < -0.39 is 0 Å². The molecule has 0 unspecified atom stereocenters. The molecule has 1 saturated heterocycles. The van der Waals surface area contributed by atoms with Gasteiger partial charge in [0.15, 0.2) is 5.82 Å². The predicted octanol–water partition coefficient (Wildman–Crippen LogP) is 0.919. The summed E-state index contributed by atoms with van der Waals surface area (Å²) in [5, 5.41) is 11.8. The van der Waals surface area contributed by atoms with Crippen LogP contribution in [0.25, 0.3) is 11.5 Å². The van der Waals surface area contributed by atoms with Gasteiger partial charge in [0.2, 0.25) is 0 Å². The Balaban J connectivity index is 1.88. The standard InChI is InChI=1S/C14H22N6O/c1-10-11(9-16-19(10)4)12-17-13(18-21-12)14(2,3)20-7-5-15-6-8-20/h9,15H,5-8H2,1-4H3. The molecular weight excluding hydrogens is 268 g/mol. The Bertz CT molecular complexity index is 623. The number of hydrogen-bond acceptors (Lipinski definition) is 6. The van der Waals surface area contributed by atoms with Gasteiger partial charge in [-0.2, -0.15) is 10.1 Å². The van der Waals surface area contributed by atoms with Crippen LogP contribution < -0.4 is 5.32 Å². The molecule has 0 radical (unpaired) electrons. The van der Waals surface area contributed by atoms with Gasteiger partial charge in [-0.15, -0.1) is 0 Å². The van der Waals surface area contributed by atoms with Crippen LogP contribution in [0, 0.1) is 6.92 Å². The van der Waals surface area contributed by atoms with E-state index in [9.17, 15) is 0 Å². The molecule has 0 saturated carbocycles. The van der Waals surface area contributed by atoms with Crippen LogP contribution in [0.3, 0.4) is 0 Å². The third-order valence-electron chi connectivity index (χ3n) is 4.35. The molecule has 3 rings (SSSR count). The molecule has 1 aliphatic heterocycles. The van der Waals surface area contributed by atoms with E-state index >= 15 is 0 Å². The maximum atomic E-state index is 5.47. The number of aryl methyl sites for hydroxylation is 1. The molecule has 0 aliphatic carbocycles. The number of rotatable bonds is 3. The van der Waals surface area contributed by atoms with Gasteiger partial charge in [0.25, 0.3) is 5.89 Å². The van der Waals surface area contributed by atoms with Crippen molar-refractivity contribution >= 4 is 0 Å². The third-order valence-corrected chi connectivity index (χ3v) is 4.35. The van der Waals surface area contributed by atoms with Gasteiger partial charge in [-0.3, -0.25) is 9.58 Å². The van der Waals surface area contributed by atoms with E-state index in [1.807, 2.05) is 14.0 Å².